The van der Waals surface area contributed by atoms with Crippen LogP contribution in [0.5, 0.6) is 0 Å². The molecule has 1 spiro atoms. The second-order valence-electron chi connectivity index (χ2n) is 11.1. The number of sulfonamides is 1. The molecule has 3 aromatic carbocycles. The number of ketones is 2. The molecule has 200 valence electrons. The fourth-order valence-electron chi connectivity index (χ4n) is 6.26. The van der Waals surface area contributed by atoms with Gasteiger partial charge in [-0.15, -0.1) is 0 Å². The van der Waals surface area contributed by atoms with Gasteiger partial charge >= 0.3 is 0 Å². The van der Waals surface area contributed by atoms with Crippen LogP contribution in [-0.4, -0.2) is 61.3 Å². The number of fused-ring (bicyclic) bond motifs is 2. The molecule has 0 bridgehead atoms. The van der Waals surface area contributed by atoms with Crippen molar-refractivity contribution in [2.45, 2.75) is 38.0 Å². The van der Waals surface area contributed by atoms with Crippen molar-refractivity contribution in [2.75, 3.05) is 26.2 Å². The first-order valence-electron chi connectivity index (χ1n) is 13.3. The monoisotopic (exact) mass is 542 g/mol. The Morgan fingerprint density at radius 2 is 1.38 bits per heavy atom. The minimum absolute atomic E-state index is 0.123. The van der Waals surface area contributed by atoms with E-state index >= 15 is 0 Å². The predicted molar refractivity (Wildman–Crippen MR) is 147 cm³/mol. The van der Waals surface area contributed by atoms with Gasteiger partial charge in [0.15, 0.2) is 11.6 Å². The molecule has 0 unspecified atom stereocenters. The van der Waals surface area contributed by atoms with E-state index in [-0.39, 0.29) is 28.5 Å². The van der Waals surface area contributed by atoms with E-state index in [1.54, 1.807) is 57.7 Å². The molecule has 2 heterocycles. The summed E-state index contributed by atoms with van der Waals surface area (Å²) in [5, 5.41) is 0. The van der Waals surface area contributed by atoms with E-state index in [1.807, 2.05) is 26.0 Å². The van der Waals surface area contributed by atoms with Crippen molar-refractivity contribution in [1.82, 2.24) is 9.21 Å². The smallest absolute Gasteiger partial charge is 0.253 e. The van der Waals surface area contributed by atoms with Gasteiger partial charge < -0.3 is 4.90 Å². The Labute approximate surface area is 228 Å². The second kappa shape index (κ2) is 9.24. The fourth-order valence-corrected chi connectivity index (χ4v) is 8.01. The lowest BCUT2D eigenvalue weighted by atomic mass is 9.78. The molecular weight excluding hydrogens is 512 g/mol. The number of hydrogen-bond donors (Lipinski definition) is 0. The van der Waals surface area contributed by atoms with Crippen LogP contribution >= 0.6 is 0 Å². The zero-order valence-electron chi connectivity index (χ0n) is 22.1. The van der Waals surface area contributed by atoms with Crippen molar-refractivity contribution in [3.8, 4) is 0 Å². The molecule has 7 nitrogen and oxygen atoms in total. The summed E-state index contributed by atoms with van der Waals surface area (Å²) in [6, 6.07) is 17.0. The lowest BCUT2D eigenvalue weighted by Crippen LogP contribution is -2.44. The lowest BCUT2D eigenvalue weighted by Gasteiger charge is -2.38. The molecule has 3 aromatic rings. The third-order valence-corrected chi connectivity index (χ3v) is 10.7. The number of nitrogens with zero attached hydrogens (tertiary/aromatic N) is 2. The van der Waals surface area contributed by atoms with Gasteiger partial charge in [-0.1, -0.05) is 36.4 Å². The van der Waals surface area contributed by atoms with Crippen molar-refractivity contribution in [3.63, 3.8) is 0 Å². The molecule has 6 rings (SSSR count). The fraction of sp³-hybridized carbons (Fsp3) is 0.323. The number of amides is 1. The summed E-state index contributed by atoms with van der Waals surface area (Å²) in [6.07, 6.45) is 2.19. The first kappa shape index (κ1) is 25.6. The molecule has 0 aromatic heterocycles. The largest absolute Gasteiger partial charge is 0.338 e. The number of likely N-dealkylation sites (tertiary alicyclic amines) is 1. The van der Waals surface area contributed by atoms with Crippen LogP contribution in [0.25, 0.3) is 0 Å². The molecule has 2 saturated heterocycles. The van der Waals surface area contributed by atoms with Gasteiger partial charge in [-0.05, 0) is 73.9 Å². The topological polar surface area (TPSA) is 91.8 Å². The van der Waals surface area contributed by atoms with Crippen molar-refractivity contribution in [3.05, 3.63) is 99.6 Å². The maximum Gasteiger partial charge on any atom is 0.253 e. The number of carbonyl (C=O) groups is 3. The molecule has 0 N–H and O–H groups in total. The van der Waals surface area contributed by atoms with E-state index in [1.165, 1.54) is 0 Å². The van der Waals surface area contributed by atoms with E-state index in [0.29, 0.717) is 66.2 Å². The molecule has 39 heavy (non-hydrogen) atoms. The highest BCUT2D eigenvalue weighted by Crippen LogP contribution is 2.42. The average molecular weight is 543 g/mol. The molecule has 1 amide bonds. The highest BCUT2D eigenvalue weighted by atomic mass is 32.2. The molecule has 1 aliphatic carbocycles. The summed E-state index contributed by atoms with van der Waals surface area (Å²) in [6.45, 7) is 5.69. The number of benzene rings is 3. The Morgan fingerprint density at radius 3 is 2.08 bits per heavy atom. The number of hydrogen-bond acceptors (Lipinski definition) is 5. The number of aryl methyl sites for hydroxylation is 2. The Bertz CT molecular complexity index is 1650. The van der Waals surface area contributed by atoms with E-state index in [2.05, 4.69) is 0 Å². The van der Waals surface area contributed by atoms with E-state index in [0.717, 1.165) is 17.5 Å². The zero-order chi connectivity index (χ0) is 27.5. The van der Waals surface area contributed by atoms with Crippen LogP contribution in [0.2, 0.25) is 0 Å². The van der Waals surface area contributed by atoms with E-state index < -0.39 is 10.0 Å². The maximum absolute atomic E-state index is 13.5. The number of rotatable bonds is 3. The van der Waals surface area contributed by atoms with E-state index in [9.17, 15) is 22.8 Å². The minimum atomic E-state index is -3.58. The molecule has 3 aliphatic rings. The number of carbonyl (C=O) groups excluding carboxylic acids is 3. The van der Waals surface area contributed by atoms with Gasteiger partial charge in [-0.2, -0.15) is 4.31 Å². The van der Waals surface area contributed by atoms with E-state index in [4.69, 9.17) is 0 Å². The van der Waals surface area contributed by atoms with Crippen molar-refractivity contribution < 1.29 is 22.8 Å². The maximum atomic E-state index is 13.5. The Morgan fingerprint density at radius 1 is 0.769 bits per heavy atom. The Balaban J connectivity index is 1.17. The summed E-state index contributed by atoms with van der Waals surface area (Å²) in [7, 11) is -3.58. The van der Waals surface area contributed by atoms with Crippen LogP contribution in [0.15, 0.2) is 65.6 Å². The highest BCUT2D eigenvalue weighted by Gasteiger charge is 2.44. The van der Waals surface area contributed by atoms with Crippen LogP contribution in [0.3, 0.4) is 0 Å². The molecule has 2 aliphatic heterocycles. The van der Waals surface area contributed by atoms with Gasteiger partial charge in [0.05, 0.1) is 4.90 Å². The quantitative estimate of drug-likeness (QED) is 0.383. The summed E-state index contributed by atoms with van der Waals surface area (Å²) in [5.74, 6) is -0.619. The van der Waals surface area contributed by atoms with Crippen molar-refractivity contribution >= 4 is 27.5 Å². The van der Waals surface area contributed by atoms with Gasteiger partial charge in [0.2, 0.25) is 10.0 Å². The lowest BCUT2D eigenvalue weighted by molar-refractivity contribution is 0.0750. The molecule has 8 heteroatoms. The van der Waals surface area contributed by atoms with Crippen LogP contribution in [0, 0.1) is 19.3 Å². The highest BCUT2D eigenvalue weighted by molar-refractivity contribution is 7.89. The van der Waals surface area contributed by atoms with Crippen molar-refractivity contribution in [1.29, 1.82) is 0 Å². The van der Waals surface area contributed by atoms with Gasteiger partial charge in [0, 0.05) is 54.0 Å². The summed E-state index contributed by atoms with van der Waals surface area (Å²) >= 11 is 0. The molecule has 0 radical (unpaired) electrons. The van der Waals surface area contributed by atoms with Gasteiger partial charge in [-0.3, -0.25) is 14.4 Å². The minimum Gasteiger partial charge on any atom is -0.338 e. The summed E-state index contributed by atoms with van der Waals surface area (Å²) in [5.41, 5.74) is 3.27. The van der Waals surface area contributed by atoms with Gasteiger partial charge in [0.1, 0.15) is 0 Å². The van der Waals surface area contributed by atoms with Gasteiger partial charge in [-0.25, -0.2) is 8.42 Å². The van der Waals surface area contributed by atoms with Gasteiger partial charge in [0.25, 0.3) is 5.91 Å². The number of piperidine rings is 1. The predicted octanol–water partition coefficient (Wildman–Crippen LogP) is 4.40. The molecular formula is C31H30N2O5S. The molecule has 2 fully saturated rings. The standard InChI is InChI=1S/C31H30N2O5S/c1-20-7-8-21(2)27(17-20)39(37,38)33-15-12-31(13-16-33)11-14-32(19-31)30(36)22-9-10-25-26(18-22)29(35)24-6-4-3-5-23(24)28(25)34/h3-10,17-18H,11-16,19H2,1-2H3. The Hall–Kier alpha value is -3.62. The molecule has 0 saturated carbocycles. The summed E-state index contributed by atoms with van der Waals surface area (Å²) < 4.78 is 28.3. The first-order chi connectivity index (χ1) is 18.6. The normalized spacial score (nSPS) is 18.8. The van der Waals surface area contributed by atoms with Crippen LogP contribution in [0.4, 0.5) is 0 Å². The third kappa shape index (κ3) is 4.22. The Kier molecular flexibility index (Phi) is 6.08. The summed E-state index contributed by atoms with van der Waals surface area (Å²) in [4.78, 5) is 41.7. The van der Waals surface area contributed by atoms with Crippen molar-refractivity contribution in [2.24, 2.45) is 5.41 Å². The first-order valence-corrected chi connectivity index (χ1v) is 14.7. The van der Waals surface area contributed by atoms with Crippen LogP contribution < -0.4 is 0 Å². The SMILES string of the molecule is Cc1ccc(C)c(S(=O)(=O)N2CCC3(CCN(C(=O)c4ccc5c(c4)C(=O)c4ccccc4C5=O)C3)CC2)c1. The van der Waals surface area contributed by atoms with Crippen LogP contribution in [0.1, 0.15) is 72.6 Å². The molecule has 0 atom stereocenters. The average Bonchev–Trinajstić information content (AvgIpc) is 3.35. The third-order valence-electron chi connectivity index (χ3n) is 8.64. The second-order valence-corrected chi connectivity index (χ2v) is 13.0. The van der Waals surface area contributed by atoms with Crippen LogP contribution in [-0.2, 0) is 10.0 Å². The zero-order valence-corrected chi connectivity index (χ0v) is 22.9.